The van der Waals surface area contributed by atoms with Gasteiger partial charge in [0.05, 0.1) is 0 Å². The van der Waals surface area contributed by atoms with Gasteiger partial charge in [-0.15, -0.1) is 11.6 Å². The highest BCUT2D eigenvalue weighted by molar-refractivity contribution is 6.26. The Labute approximate surface area is 78.1 Å². The predicted molar refractivity (Wildman–Crippen MR) is 42.7 cm³/mol. The van der Waals surface area contributed by atoms with Crippen LogP contribution in [0.1, 0.15) is 0 Å². The Balaban J connectivity index is 2.83. The normalized spacial score (nSPS) is 9.77. The molecule has 2 nitrogen and oxygen atoms in total. The van der Waals surface area contributed by atoms with Gasteiger partial charge in [0.15, 0.2) is 0 Å². The Bertz CT molecular complexity index is 308. The molecule has 70 valence electrons. The van der Waals surface area contributed by atoms with Gasteiger partial charge in [0, 0.05) is 18.2 Å². The molecule has 0 bridgehead atoms. The first-order valence-electron chi connectivity index (χ1n) is 3.34. The summed E-state index contributed by atoms with van der Waals surface area (Å²) >= 11 is 5.12. The minimum Gasteiger partial charge on any atom is -0.425 e. The van der Waals surface area contributed by atoms with Crippen molar-refractivity contribution in [1.29, 1.82) is 0 Å². The number of ether oxygens (including phenoxy) is 1. The van der Waals surface area contributed by atoms with Crippen molar-refractivity contribution in [2.45, 2.75) is 0 Å². The first kappa shape index (κ1) is 9.92. The smallest absolute Gasteiger partial charge is 0.326 e. The van der Waals surface area contributed by atoms with E-state index in [4.69, 9.17) is 11.6 Å². The van der Waals surface area contributed by atoms with Crippen LogP contribution in [-0.2, 0) is 4.79 Å². The summed E-state index contributed by atoms with van der Waals surface area (Å²) in [5.41, 5.74) is 0. The number of hydrogen-bond donors (Lipinski definition) is 0. The van der Waals surface area contributed by atoms with Crippen LogP contribution in [0, 0.1) is 11.6 Å². The lowest BCUT2D eigenvalue weighted by Crippen LogP contribution is -2.09. The molecule has 0 spiro atoms. The summed E-state index contributed by atoms with van der Waals surface area (Å²) in [5, 5.41) is 0. The second kappa shape index (κ2) is 4.18. The lowest BCUT2D eigenvalue weighted by molar-refractivity contribution is -0.131. The maximum atomic E-state index is 12.5. The van der Waals surface area contributed by atoms with Gasteiger partial charge in [-0.05, 0) is 0 Å². The van der Waals surface area contributed by atoms with Crippen molar-refractivity contribution in [3.63, 3.8) is 0 Å². The number of rotatable bonds is 2. The molecule has 0 atom stereocenters. The highest BCUT2D eigenvalue weighted by atomic mass is 35.5. The van der Waals surface area contributed by atoms with E-state index in [1.807, 2.05) is 0 Å². The van der Waals surface area contributed by atoms with Crippen LogP contribution in [0.3, 0.4) is 0 Å². The molecule has 0 amide bonds. The fraction of sp³-hybridized carbons (Fsp3) is 0.125. The lowest BCUT2D eigenvalue weighted by Gasteiger charge is -2.01. The molecule has 0 aliphatic rings. The van der Waals surface area contributed by atoms with E-state index in [2.05, 4.69) is 4.74 Å². The summed E-state index contributed by atoms with van der Waals surface area (Å²) in [4.78, 5) is 10.6. The first-order valence-corrected chi connectivity index (χ1v) is 3.88. The van der Waals surface area contributed by atoms with Crippen LogP contribution in [0.25, 0.3) is 0 Å². The molecule has 13 heavy (non-hydrogen) atoms. The Kier molecular flexibility index (Phi) is 3.19. The van der Waals surface area contributed by atoms with Crippen LogP contribution in [0.4, 0.5) is 8.78 Å². The van der Waals surface area contributed by atoms with Crippen molar-refractivity contribution in [3.8, 4) is 5.75 Å². The average Bonchev–Trinajstić information content (AvgIpc) is 2.02. The molecule has 5 heteroatoms. The van der Waals surface area contributed by atoms with Gasteiger partial charge in [-0.3, -0.25) is 4.79 Å². The number of carbonyl (C=O) groups is 1. The third-order valence-corrected chi connectivity index (χ3v) is 1.40. The van der Waals surface area contributed by atoms with E-state index in [0.717, 1.165) is 12.1 Å². The molecule has 0 heterocycles. The Morgan fingerprint density at radius 3 is 2.31 bits per heavy atom. The molecule has 0 fully saturated rings. The van der Waals surface area contributed by atoms with Gasteiger partial charge in [0.1, 0.15) is 23.3 Å². The predicted octanol–water partition coefficient (Wildman–Crippen LogP) is 2.11. The minimum absolute atomic E-state index is 0.192. The standard InChI is InChI=1S/C8H5ClF2O2/c9-4-8(12)13-7-2-5(10)1-6(11)3-7/h1-3H,4H2. The van der Waals surface area contributed by atoms with Crippen molar-refractivity contribution >= 4 is 17.6 Å². The zero-order valence-electron chi connectivity index (χ0n) is 6.39. The van der Waals surface area contributed by atoms with Crippen LogP contribution in [0.2, 0.25) is 0 Å². The molecule has 0 N–H and O–H groups in total. The van der Waals surface area contributed by atoms with Crippen molar-refractivity contribution < 1.29 is 18.3 Å². The number of carbonyl (C=O) groups excluding carboxylic acids is 1. The van der Waals surface area contributed by atoms with E-state index in [1.165, 1.54) is 0 Å². The van der Waals surface area contributed by atoms with Crippen molar-refractivity contribution in [1.82, 2.24) is 0 Å². The zero-order chi connectivity index (χ0) is 9.84. The van der Waals surface area contributed by atoms with Gasteiger partial charge in [-0.1, -0.05) is 0 Å². The lowest BCUT2D eigenvalue weighted by atomic mass is 10.3. The van der Waals surface area contributed by atoms with Crippen molar-refractivity contribution in [2.75, 3.05) is 5.88 Å². The second-order valence-electron chi connectivity index (χ2n) is 2.21. The number of halogens is 3. The van der Waals surface area contributed by atoms with Crippen LogP contribution in [0.15, 0.2) is 18.2 Å². The van der Waals surface area contributed by atoms with Crippen LogP contribution >= 0.6 is 11.6 Å². The summed E-state index contributed by atoms with van der Waals surface area (Å²) in [7, 11) is 0. The molecule has 0 saturated heterocycles. The number of esters is 1. The molecule has 1 aromatic carbocycles. The van der Waals surface area contributed by atoms with Crippen molar-refractivity contribution in [2.24, 2.45) is 0 Å². The van der Waals surface area contributed by atoms with Gasteiger partial charge >= 0.3 is 5.97 Å². The molecular formula is C8H5ClF2O2. The average molecular weight is 207 g/mol. The maximum absolute atomic E-state index is 12.5. The quantitative estimate of drug-likeness (QED) is 0.421. The molecule has 1 rings (SSSR count). The molecule has 1 aromatic rings. The molecule has 0 aromatic heterocycles. The Hall–Kier alpha value is -1.16. The molecule has 0 aliphatic carbocycles. The van der Waals surface area contributed by atoms with Gasteiger partial charge in [0.25, 0.3) is 0 Å². The van der Waals surface area contributed by atoms with E-state index in [9.17, 15) is 13.6 Å². The molecule has 0 unspecified atom stereocenters. The Morgan fingerprint density at radius 1 is 1.31 bits per heavy atom. The monoisotopic (exact) mass is 206 g/mol. The summed E-state index contributed by atoms with van der Waals surface area (Å²) in [6, 6.07) is 2.47. The minimum atomic E-state index is -0.808. The molecule has 0 aliphatic heterocycles. The first-order chi connectivity index (χ1) is 6.11. The van der Waals surface area contributed by atoms with Crippen LogP contribution in [-0.4, -0.2) is 11.8 Å². The van der Waals surface area contributed by atoms with Gasteiger partial charge in [0.2, 0.25) is 0 Å². The third kappa shape index (κ3) is 2.99. The summed E-state index contributed by atoms with van der Waals surface area (Å²) in [6.45, 7) is 0. The van der Waals surface area contributed by atoms with Gasteiger partial charge in [-0.2, -0.15) is 0 Å². The summed E-state index contributed by atoms with van der Waals surface area (Å²) in [5.74, 6) is -2.93. The Morgan fingerprint density at radius 2 is 1.85 bits per heavy atom. The molecule has 0 saturated carbocycles. The van der Waals surface area contributed by atoms with Gasteiger partial charge in [-0.25, -0.2) is 8.78 Å². The number of hydrogen-bond acceptors (Lipinski definition) is 2. The third-order valence-electron chi connectivity index (χ3n) is 1.18. The van der Waals surface area contributed by atoms with E-state index in [-0.39, 0.29) is 11.6 Å². The van der Waals surface area contributed by atoms with Crippen LogP contribution in [0.5, 0.6) is 5.75 Å². The number of alkyl halides is 1. The fourth-order valence-electron chi connectivity index (χ4n) is 0.746. The highest BCUT2D eigenvalue weighted by Gasteiger charge is 2.05. The van der Waals surface area contributed by atoms with Crippen molar-refractivity contribution in [3.05, 3.63) is 29.8 Å². The summed E-state index contributed by atoms with van der Waals surface area (Å²) < 4.78 is 29.5. The molecular weight excluding hydrogens is 202 g/mol. The van der Waals surface area contributed by atoms with E-state index in [0.29, 0.717) is 6.07 Å². The number of benzene rings is 1. The zero-order valence-corrected chi connectivity index (χ0v) is 7.15. The van der Waals surface area contributed by atoms with Crippen LogP contribution < -0.4 is 4.74 Å². The summed E-state index contributed by atoms with van der Waals surface area (Å²) in [6.07, 6.45) is 0. The SMILES string of the molecule is O=C(CCl)Oc1cc(F)cc(F)c1. The fourth-order valence-corrected chi connectivity index (χ4v) is 0.801. The van der Waals surface area contributed by atoms with Gasteiger partial charge < -0.3 is 4.74 Å². The highest BCUT2D eigenvalue weighted by Crippen LogP contribution is 2.15. The largest absolute Gasteiger partial charge is 0.425 e. The second-order valence-corrected chi connectivity index (χ2v) is 2.48. The van der Waals surface area contributed by atoms with E-state index in [1.54, 1.807) is 0 Å². The maximum Gasteiger partial charge on any atom is 0.326 e. The van der Waals surface area contributed by atoms with E-state index < -0.39 is 17.6 Å². The topological polar surface area (TPSA) is 26.3 Å². The molecule has 0 radical (unpaired) electrons. The van der Waals surface area contributed by atoms with E-state index >= 15 is 0 Å².